The van der Waals surface area contributed by atoms with Gasteiger partial charge >= 0.3 is 0 Å². The van der Waals surface area contributed by atoms with Crippen LogP contribution in [0.5, 0.6) is 0 Å². The van der Waals surface area contributed by atoms with Gasteiger partial charge in [0.15, 0.2) is 9.84 Å². The zero-order valence-electron chi connectivity index (χ0n) is 19.6. The fourth-order valence-corrected chi connectivity index (χ4v) is 6.89. The number of hydrogen-bond donors (Lipinski definition) is 1. The lowest BCUT2D eigenvalue weighted by Gasteiger charge is -2.35. The molecule has 1 N–H and O–H groups in total. The van der Waals surface area contributed by atoms with Crippen LogP contribution in [-0.2, 0) is 14.6 Å². The molecule has 2 aliphatic carbocycles. The Kier molecular flexibility index (Phi) is 6.29. The van der Waals surface area contributed by atoms with Crippen molar-refractivity contribution in [3.8, 4) is 0 Å². The lowest BCUT2D eigenvalue weighted by Crippen LogP contribution is -2.36. The van der Waals surface area contributed by atoms with Crippen LogP contribution >= 0.6 is 0 Å². The molecule has 180 valence electrons. The molecule has 3 aliphatic rings. The number of nitrogens with one attached hydrogen (secondary N) is 1. The largest absolute Gasteiger partial charge is 0.464 e. The van der Waals surface area contributed by atoms with E-state index < -0.39 is 15.6 Å². The van der Waals surface area contributed by atoms with Crippen LogP contribution in [0.1, 0.15) is 62.8 Å². The number of sulfone groups is 1. The monoisotopic (exact) mass is 472 g/mol. The summed E-state index contributed by atoms with van der Waals surface area (Å²) < 4.78 is 28.2. The van der Waals surface area contributed by atoms with Gasteiger partial charge in [-0.25, -0.2) is 8.42 Å². The highest BCUT2D eigenvalue weighted by Crippen LogP contribution is 2.57. The molecule has 0 radical (unpaired) electrons. The zero-order valence-corrected chi connectivity index (χ0v) is 20.4. The van der Waals surface area contributed by atoms with Crippen molar-refractivity contribution in [2.75, 3.05) is 31.6 Å². The minimum absolute atomic E-state index is 0.186. The van der Waals surface area contributed by atoms with E-state index in [1.54, 1.807) is 6.26 Å². The molecule has 2 heterocycles. The first-order valence-electron chi connectivity index (χ1n) is 12.5. The van der Waals surface area contributed by atoms with E-state index in [-0.39, 0.29) is 17.4 Å². The van der Waals surface area contributed by atoms with Gasteiger partial charge in [0.2, 0.25) is 5.91 Å². The first-order valence-corrected chi connectivity index (χ1v) is 14.5. The van der Waals surface area contributed by atoms with Gasteiger partial charge in [-0.05, 0) is 106 Å². The highest BCUT2D eigenvalue weighted by molar-refractivity contribution is 7.91. The van der Waals surface area contributed by atoms with E-state index in [4.69, 9.17) is 4.42 Å². The minimum atomic E-state index is -3.26. The smallest absolute Gasteiger partial charge is 0.235 e. The fraction of sp³-hybridized carbons (Fsp3) is 0.654. The molecular formula is C26H36N2O4S. The Labute approximate surface area is 197 Å². The summed E-state index contributed by atoms with van der Waals surface area (Å²) in [5, 5.41) is 4.24. The molecule has 1 aliphatic heterocycles. The van der Waals surface area contributed by atoms with Crippen molar-refractivity contribution in [1.82, 2.24) is 10.2 Å². The van der Waals surface area contributed by atoms with Gasteiger partial charge in [-0.2, -0.15) is 0 Å². The molecule has 33 heavy (non-hydrogen) atoms. The molecule has 0 bridgehead atoms. The number of fused-ring (bicyclic) bond motifs is 1. The molecule has 5 rings (SSSR count). The molecule has 2 aromatic rings. The SMILES string of the molecule is CS(=O)(=O)CC(=O)N[C@H]1CC12CCC(CCN1CCC(c3cccc4occc34)CC1)CC2. The van der Waals surface area contributed by atoms with Gasteiger partial charge in [-0.3, -0.25) is 4.79 Å². The molecule has 1 aromatic carbocycles. The first kappa shape index (κ1) is 22.9. The maximum atomic E-state index is 11.9. The molecule has 6 nitrogen and oxygen atoms in total. The van der Waals surface area contributed by atoms with Crippen LogP contribution in [-0.4, -0.2) is 56.9 Å². The van der Waals surface area contributed by atoms with Crippen molar-refractivity contribution >= 4 is 26.7 Å². The predicted octanol–water partition coefficient (Wildman–Crippen LogP) is 4.11. The Morgan fingerprint density at radius 2 is 1.91 bits per heavy atom. The third kappa shape index (κ3) is 5.29. The third-order valence-electron chi connectivity index (χ3n) is 8.43. The highest BCUT2D eigenvalue weighted by atomic mass is 32.2. The Bertz CT molecular complexity index is 1090. The van der Waals surface area contributed by atoms with Gasteiger partial charge < -0.3 is 14.6 Å². The maximum Gasteiger partial charge on any atom is 0.235 e. The number of carbonyl (C=O) groups is 1. The van der Waals surface area contributed by atoms with Crippen LogP contribution in [0.25, 0.3) is 11.0 Å². The van der Waals surface area contributed by atoms with Crippen molar-refractivity contribution in [3.05, 3.63) is 36.1 Å². The van der Waals surface area contributed by atoms with Crippen molar-refractivity contribution in [3.63, 3.8) is 0 Å². The summed E-state index contributed by atoms with van der Waals surface area (Å²) in [4.78, 5) is 14.6. The van der Waals surface area contributed by atoms with Gasteiger partial charge in [0, 0.05) is 17.7 Å². The number of piperidine rings is 1. The molecule has 7 heteroatoms. The Hall–Kier alpha value is -1.86. The number of nitrogens with zero attached hydrogens (tertiary/aromatic N) is 1. The van der Waals surface area contributed by atoms with Crippen molar-refractivity contribution in [1.29, 1.82) is 0 Å². The normalized spacial score (nSPS) is 28.9. The number of carbonyl (C=O) groups excluding carboxylic acids is 1. The Morgan fingerprint density at radius 3 is 2.64 bits per heavy atom. The second kappa shape index (κ2) is 9.06. The first-order chi connectivity index (χ1) is 15.8. The van der Waals surface area contributed by atoms with Gasteiger partial charge in [0.25, 0.3) is 0 Å². The fourth-order valence-electron chi connectivity index (χ4n) is 6.33. The van der Waals surface area contributed by atoms with E-state index in [9.17, 15) is 13.2 Å². The number of amides is 1. The van der Waals surface area contributed by atoms with Gasteiger partial charge in [0.05, 0.1) is 6.26 Å². The van der Waals surface area contributed by atoms with Crippen LogP contribution < -0.4 is 5.32 Å². The van der Waals surface area contributed by atoms with Gasteiger partial charge in [-0.15, -0.1) is 0 Å². The summed E-state index contributed by atoms with van der Waals surface area (Å²) in [5.41, 5.74) is 2.69. The summed E-state index contributed by atoms with van der Waals surface area (Å²) >= 11 is 0. The molecule has 0 unspecified atom stereocenters. The van der Waals surface area contributed by atoms with Crippen LogP contribution in [0.4, 0.5) is 0 Å². The van der Waals surface area contributed by atoms with Crippen molar-refractivity contribution in [2.24, 2.45) is 11.3 Å². The molecule has 1 atom stereocenters. The van der Waals surface area contributed by atoms with Crippen molar-refractivity contribution < 1.29 is 17.6 Å². The van der Waals surface area contributed by atoms with Crippen LogP contribution in [0.2, 0.25) is 0 Å². The molecule has 2 saturated carbocycles. The summed E-state index contributed by atoms with van der Waals surface area (Å²) in [6.07, 6.45) is 12.4. The van der Waals surface area contributed by atoms with Crippen LogP contribution in [0, 0.1) is 11.3 Å². The predicted molar refractivity (Wildman–Crippen MR) is 130 cm³/mol. The molecule has 1 aromatic heterocycles. The van der Waals surface area contributed by atoms with E-state index in [0.717, 1.165) is 37.0 Å². The summed E-state index contributed by atoms with van der Waals surface area (Å²) in [6.45, 7) is 3.53. The van der Waals surface area contributed by atoms with E-state index in [2.05, 4.69) is 34.5 Å². The number of rotatable bonds is 7. The molecular weight excluding hydrogens is 436 g/mol. The average molecular weight is 473 g/mol. The quantitative estimate of drug-likeness (QED) is 0.656. The zero-order chi connectivity index (χ0) is 23.1. The lowest BCUT2D eigenvalue weighted by atomic mass is 9.78. The number of furan rings is 1. The van der Waals surface area contributed by atoms with E-state index in [1.165, 1.54) is 62.7 Å². The molecule has 3 fully saturated rings. The molecule has 1 amide bonds. The topological polar surface area (TPSA) is 79.6 Å². The average Bonchev–Trinajstić information content (AvgIpc) is 3.19. The van der Waals surface area contributed by atoms with Gasteiger partial charge in [-0.1, -0.05) is 12.1 Å². The van der Waals surface area contributed by atoms with Gasteiger partial charge in [0.1, 0.15) is 11.3 Å². The summed E-state index contributed by atoms with van der Waals surface area (Å²) in [7, 11) is -3.26. The number of hydrogen-bond acceptors (Lipinski definition) is 5. The Balaban J connectivity index is 1.03. The molecule has 1 saturated heterocycles. The van der Waals surface area contributed by atoms with E-state index in [1.807, 2.05) is 0 Å². The number of likely N-dealkylation sites (tertiary alicyclic amines) is 1. The van der Waals surface area contributed by atoms with Crippen LogP contribution in [0.3, 0.4) is 0 Å². The van der Waals surface area contributed by atoms with E-state index >= 15 is 0 Å². The number of benzene rings is 1. The second-order valence-electron chi connectivity index (χ2n) is 10.8. The highest BCUT2D eigenvalue weighted by Gasteiger charge is 2.55. The van der Waals surface area contributed by atoms with Crippen molar-refractivity contribution in [2.45, 2.75) is 63.3 Å². The molecule has 1 spiro atoms. The van der Waals surface area contributed by atoms with Crippen LogP contribution in [0.15, 0.2) is 34.9 Å². The Morgan fingerprint density at radius 1 is 1.15 bits per heavy atom. The second-order valence-corrected chi connectivity index (χ2v) is 12.9. The summed E-state index contributed by atoms with van der Waals surface area (Å²) in [5.74, 6) is 0.674. The summed E-state index contributed by atoms with van der Waals surface area (Å²) in [6, 6.07) is 8.73. The third-order valence-corrected chi connectivity index (χ3v) is 9.22. The lowest BCUT2D eigenvalue weighted by molar-refractivity contribution is -0.119. The standard InChI is InChI=1S/C26H36N2O4S/c1-33(30,31)18-25(29)27-24-17-26(24)11-5-19(6-12-26)7-13-28-14-8-20(9-15-28)21-3-2-4-23-22(21)10-16-32-23/h2-4,10,16,19-20,24H,5-9,11-15,17-18H2,1H3,(H,27,29)/t19?,24-,26?/m0/s1. The maximum absolute atomic E-state index is 11.9. The van der Waals surface area contributed by atoms with E-state index in [0.29, 0.717) is 5.92 Å². The minimum Gasteiger partial charge on any atom is -0.464 e.